The number of nitro groups is 2. The molecule has 0 spiro atoms. The molecular formula is C14H14N4O7. The second kappa shape index (κ2) is 7.03. The van der Waals surface area contributed by atoms with Gasteiger partial charge in [-0.2, -0.15) is 0 Å². The smallest absolute Gasteiger partial charge is 0.277 e. The van der Waals surface area contributed by atoms with Crippen LogP contribution >= 0.6 is 0 Å². The Morgan fingerprint density at radius 1 is 1.16 bits per heavy atom. The first kappa shape index (κ1) is 18.0. The molecule has 1 N–H and O–H groups in total. The maximum Gasteiger partial charge on any atom is 0.330 e. The van der Waals surface area contributed by atoms with Gasteiger partial charge in [-0.25, -0.2) is 4.79 Å². The number of carbonyl (C=O) groups is 3. The van der Waals surface area contributed by atoms with Crippen molar-refractivity contribution in [2.45, 2.75) is 25.7 Å². The molecule has 132 valence electrons. The van der Waals surface area contributed by atoms with Crippen LogP contribution in [0.3, 0.4) is 0 Å². The number of rotatable bonds is 6. The van der Waals surface area contributed by atoms with E-state index in [2.05, 4.69) is 0 Å². The number of nitrogens with one attached hydrogen (secondary N) is 1. The van der Waals surface area contributed by atoms with Crippen molar-refractivity contribution in [2.75, 3.05) is 6.54 Å². The van der Waals surface area contributed by atoms with Gasteiger partial charge >= 0.3 is 6.03 Å². The van der Waals surface area contributed by atoms with Crippen LogP contribution in [0.2, 0.25) is 0 Å². The van der Waals surface area contributed by atoms with Crippen molar-refractivity contribution in [2.24, 2.45) is 0 Å². The lowest BCUT2D eigenvalue weighted by Crippen LogP contribution is -2.57. The summed E-state index contributed by atoms with van der Waals surface area (Å²) in [5.74, 6) is -3.50. The molecule has 2 rings (SSSR count). The molecule has 0 saturated carbocycles. The highest BCUT2D eigenvalue weighted by Crippen LogP contribution is 2.33. The Labute approximate surface area is 140 Å². The number of barbiturate groups is 1. The van der Waals surface area contributed by atoms with E-state index in [1.807, 2.05) is 12.2 Å². The Morgan fingerprint density at radius 3 is 2.40 bits per heavy atom. The standard InChI is InChI=1S/C14H14N4O7/c1-2-3-6-16-13(20)11(12(19)15-14(16)21)9-5-4-8(17(22)23)7-10(9)18(24)25/h4-5,7,11H,2-3,6H2,1H3,(H,15,19,21). The van der Waals surface area contributed by atoms with Crippen molar-refractivity contribution in [3.63, 3.8) is 0 Å². The van der Waals surface area contributed by atoms with Gasteiger partial charge in [0.25, 0.3) is 11.4 Å². The summed E-state index contributed by atoms with van der Waals surface area (Å²) >= 11 is 0. The molecule has 1 saturated heterocycles. The normalized spacial score (nSPS) is 17.4. The van der Waals surface area contributed by atoms with Crippen LogP contribution < -0.4 is 5.32 Å². The number of non-ortho nitro benzene ring substituents is 1. The molecule has 1 unspecified atom stereocenters. The van der Waals surface area contributed by atoms with Gasteiger partial charge in [-0.15, -0.1) is 0 Å². The van der Waals surface area contributed by atoms with Crippen LogP contribution in [0.1, 0.15) is 31.2 Å². The van der Waals surface area contributed by atoms with Crippen LogP contribution in [0, 0.1) is 20.2 Å². The van der Waals surface area contributed by atoms with Crippen molar-refractivity contribution in [3.8, 4) is 0 Å². The lowest BCUT2D eigenvalue weighted by molar-refractivity contribution is -0.394. The molecule has 4 amide bonds. The second-order valence-electron chi connectivity index (χ2n) is 5.33. The number of nitrogens with zero attached hydrogens (tertiary/aromatic N) is 3. The number of carbonyl (C=O) groups excluding carboxylic acids is 3. The second-order valence-corrected chi connectivity index (χ2v) is 5.33. The molecule has 1 heterocycles. The number of hydrogen-bond donors (Lipinski definition) is 1. The van der Waals surface area contributed by atoms with Gasteiger partial charge in [-0.3, -0.25) is 40.0 Å². The van der Waals surface area contributed by atoms with E-state index in [1.165, 1.54) is 0 Å². The van der Waals surface area contributed by atoms with E-state index in [9.17, 15) is 34.6 Å². The molecule has 1 fully saturated rings. The number of imide groups is 2. The van der Waals surface area contributed by atoms with E-state index in [0.717, 1.165) is 17.0 Å². The average Bonchev–Trinajstić information content (AvgIpc) is 2.54. The van der Waals surface area contributed by atoms with Gasteiger partial charge in [0.15, 0.2) is 0 Å². The number of hydrogen-bond acceptors (Lipinski definition) is 7. The zero-order chi connectivity index (χ0) is 18.7. The highest BCUT2D eigenvalue weighted by molar-refractivity contribution is 6.19. The van der Waals surface area contributed by atoms with Gasteiger partial charge in [-0.05, 0) is 12.5 Å². The van der Waals surface area contributed by atoms with Gasteiger partial charge in [0.2, 0.25) is 11.8 Å². The van der Waals surface area contributed by atoms with Gasteiger partial charge in [0, 0.05) is 12.6 Å². The lowest BCUT2D eigenvalue weighted by atomic mass is 9.93. The molecule has 11 nitrogen and oxygen atoms in total. The fourth-order valence-electron chi connectivity index (χ4n) is 2.46. The molecule has 1 aliphatic heterocycles. The minimum Gasteiger partial charge on any atom is -0.277 e. The first-order valence-corrected chi connectivity index (χ1v) is 7.36. The molecular weight excluding hydrogens is 336 g/mol. The minimum atomic E-state index is -1.62. The van der Waals surface area contributed by atoms with Gasteiger partial charge in [0.1, 0.15) is 5.92 Å². The maximum absolute atomic E-state index is 12.5. The van der Waals surface area contributed by atoms with E-state index >= 15 is 0 Å². The van der Waals surface area contributed by atoms with Crippen molar-refractivity contribution in [3.05, 3.63) is 44.0 Å². The van der Waals surface area contributed by atoms with Crippen LogP contribution in [0.15, 0.2) is 18.2 Å². The van der Waals surface area contributed by atoms with E-state index in [0.29, 0.717) is 18.9 Å². The van der Waals surface area contributed by atoms with Crippen LogP contribution in [-0.2, 0) is 9.59 Å². The molecule has 1 atom stereocenters. The maximum atomic E-state index is 12.5. The molecule has 1 aromatic carbocycles. The van der Waals surface area contributed by atoms with E-state index in [4.69, 9.17) is 0 Å². The van der Waals surface area contributed by atoms with Crippen LogP contribution in [0.5, 0.6) is 0 Å². The summed E-state index contributed by atoms with van der Waals surface area (Å²) in [4.78, 5) is 57.5. The molecule has 25 heavy (non-hydrogen) atoms. The molecule has 0 radical (unpaired) electrons. The zero-order valence-corrected chi connectivity index (χ0v) is 13.1. The van der Waals surface area contributed by atoms with Gasteiger partial charge in [0.05, 0.1) is 21.5 Å². The fraction of sp³-hybridized carbons (Fsp3) is 0.357. The Morgan fingerprint density at radius 2 is 1.84 bits per heavy atom. The van der Waals surface area contributed by atoms with Crippen molar-refractivity contribution in [1.29, 1.82) is 0 Å². The SMILES string of the molecule is CCCCN1C(=O)NC(=O)C(c2ccc([N+](=O)[O-])cc2[N+](=O)[O-])C1=O. The molecule has 11 heteroatoms. The summed E-state index contributed by atoms with van der Waals surface area (Å²) in [7, 11) is 0. The quantitative estimate of drug-likeness (QED) is 0.463. The number of unbranched alkanes of at least 4 members (excludes halogenated alkanes) is 1. The first-order chi connectivity index (χ1) is 11.8. The average molecular weight is 350 g/mol. The predicted molar refractivity (Wildman–Crippen MR) is 82.7 cm³/mol. The fourth-order valence-corrected chi connectivity index (χ4v) is 2.46. The van der Waals surface area contributed by atoms with Gasteiger partial charge in [-0.1, -0.05) is 13.3 Å². The van der Waals surface area contributed by atoms with Crippen LogP contribution in [0.25, 0.3) is 0 Å². The monoisotopic (exact) mass is 350 g/mol. The number of urea groups is 1. The highest BCUT2D eigenvalue weighted by Gasteiger charge is 2.44. The van der Waals surface area contributed by atoms with Crippen molar-refractivity contribution < 1.29 is 24.2 Å². The van der Waals surface area contributed by atoms with Crippen molar-refractivity contribution >= 4 is 29.2 Å². The minimum absolute atomic E-state index is 0.0612. The summed E-state index contributed by atoms with van der Waals surface area (Å²) in [5.41, 5.74) is -1.57. The predicted octanol–water partition coefficient (Wildman–Crippen LogP) is 1.47. The van der Waals surface area contributed by atoms with Crippen LogP contribution in [-0.4, -0.2) is 39.1 Å². The Bertz CT molecular complexity index is 776. The van der Waals surface area contributed by atoms with E-state index in [-0.39, 0.29) is 12.1 Å². The third-order valence-electron chi connectivity index (χ3n) is 3.72. The van der Waals surface area contributed by atoms with Gasteiger partial charge < -0.3 is 0 Å². The molecule has 0 bridgehead atoms. The summed E-state index contributed by atoms with van der Waals surface area (Å²) in [6.07, 6.45) is 1.19. The zero-order valence-electron chi connectivity index (χ0n) is 13.1. The Hall–Kier alpha value is -3.37. The Balaban J connectivity index is 2.49. The molecule has 0 aromatic heterocycles. The molecule has 1 aromatic rings. The summed E-state index contributed by atoms with van der Waals surface area (Å²) < 4.78 is 0. The molecule has 0 aliphatic carbocycles. The van der Waals surface area contributed by atoms with Crippen molar-refractivity contribution in [1.82, 2.24) is 10.2 Å². The van der Waals surface area contributed by atoms with E-state index in [1.54, 1.807) is 0 Å². The number of amides is 4. The number of nitro benzene ring substituents is 2. The van der Waals surface area contributed by atoms with E-state index < -0.39 is 45.0 Å². The summed E-state index contributed by atoms with van der Waals surface area (Å²) in [6.45, 7) is 1.90. The lowest BCUT2D eigenvalue weighted by Gasteiger charge is -2.30. The van der Waals surface area contributed by atoms with Crippen LogP contribution in [0.4, 0.5) is 16.2 Å². The number of benzene rings is 1. The topological polar surface area (TPSA) is 153 Å². The third kappa shape index (κ3) is 3.44. The largest absolute Gasteiger partial charge is 0.330 e. The third-order valence-corrected chi connectivity index (χ3v) is 3.72. The molecule has 1 aliphatic rings. The summed E-state index contributed by atoms with van der Waals surface area (Å²) in [5, 5.41) is 24.0. The highest BCUT2D eigenvalue weighted by atomic mass is 16.6. The Kier molecular flexibility index (Phi) is 5.05. The first-order valence-electron chi connectivity index (χ1n) is 7.36. The summed E-state index contributed by atoms with van der Waals surface area (Å²) in [6, 6.07) is 1.76.